The summed E-state index contributed by atoms with van der Waals surface area (Å²) in [7, 11) is 3.33. The van der Waals surface area contributed by atoms with Gasteiger partial charge in [0.1, 0.15) is 17.3 Å². The molecule has 4 N–H and O–H groups in total. The van der Waals surface area contributed by atoms with Crippen LogP contribution in [0, 0.1) is 23.2 Å². The highest BCUT2D eigenvalue weighted by Gasteiger charge is 2.75. The number of anilines is 1. The molecule has 3 aromatic heterocycles. The van der Waals surface area contributed by atoms with Crippen LogP contribution in [0.3, 0.4) is 0 Å². The minimum Gasteiger partial charge on any atom is -0.389 e. The number of aliphatic hydroxyl groups is 2. The number of fused-ring (bicyclic) bond motifs is 2. The third kappa shape index (κ3) is 2.94. The van der Waals surface area contributed by atoms with E-state index in [9.17, 15) is 15.0 Å². The number of aliphatic hydroxyl groups excluding tert-OH is 2. The molecular formula is C21H20ClN5O3S. The Balaban J connectivity index is 1.58. The SMILES string of the molecule is CNC(=O)C12CC1[C@@H](n1cnc3c(NC)cc(C#Cc4ccc(Cl)s4)nc31)[C@H](O)[C@@H]2O. The van der Waals surface area contributed by atoms with Crippen molar-refractivity contribution >= 4 is 45.7 Å². The maximum Gasteiger partial charge on any atom is 0.229 e. The quantitative estimate of drug-likeness (QED) is 0.445. The Bertz CT molecular complexity index is 1260. The lowest BCUT2D eigenvalue weighted by atomic mass is 9.98. The van der Waals surface area contributed by atoms with E-state index in [1.807, 2.05) is 12.1 Å². The molecule has 2 saturated carbocycles. The van der Waals surface area contributed by atoms with E-state index in [-0.39, 0.29) is 11.8 Å². The third-order valence-electron chi connectivity index (χ3n) is 6.33. The van der Waals surface area contributed by atoms with E-state index >= 15 is 0 Å². The lowest BCUT2D eigenvalue weighted by Gasteiger charge is -2.23. The molecule has 8 nitrogen and oxygen atoms in total. The second kappa shape index (κ2) is 7.21. The first kappa shape index (κ1) is 20.3. The molecule has 3 heterocycles. The first-order valence-electron chi connectivity index (χ1n) is 9.81. The highest BCUT2D eigenvalue weighted by atomic mass is 35.5. The minimum absolute atomic E-state index is 0.197. The summed E-state index contributed by atoms with van der Waals surface area (Å²) in [4.78, 5) is 22.4. The fourth-order valence-corrected chi connectivity index (χ4v) is 5.67. The van der Waals surface area contributed by atoms with Gasteiger partial charge in [-0.05, 0) is 36.5 Å². The molecule has 2 aliphatic carbocycles. The molecule has 0 spiro atoms. The largest absolute Gasteiger partial charge is 0.389 e. The van der Waals surface area contributed by atoms with Crippen molar-refractivity contribution in [3.05, 3.63) is 39.4 Å². The van der Waals surface area contributed by atoms with Gasteiger partial charge in [-0.3, -0.25) is 4.79 Å². The summed E-state index contributed by atoms with van der Waals surface area (Å²) >= 11 is 7.36. The summed E-state index contributed by atoms with van der Waals surface area (Å²) in [5.41, 5.74) is 1.49. The summed E-state index contributed by atoms with van der Waals surface area (Å²) in [6.45, 7) is 0. The zero-order valence-corrected chi connectivity index (χ0v) is 18.3. The van der Waals surface area contributed by atoms with Gasteiger partial charge in [-0.15, -0.1) is 11.3 Å². The summed E-state index contributed by atoms with van der Waals surface area (Å²) < 4.78 is 2.43. The van der Waals surface area contributed by atoms with E-state index in [4.69, 9.17) is 11.6 Å². The molecule has 2 fully saturated rings. The Kier molecular flexibility index (Phi) is 4.71. The van der Waals surface area contributed by atoms with Gasteiger partial charge in [-0.25, -0.2) is 9.97 Å². The summed E-state index contributed by atoms with van der Waals surface area (Å²) in [5, 5.41) is 27.2. The Morgan fingerprint density at radius 3 is 2.84 bits per heavy atom. The Morgan fingerprint density at radius 2 is 2.16 bits per heavy atom. The van der Waals surface area contributed by atoms with E-state index < -0.39 is 23.7 Å². The van der Waals surface area contributed by atoms with Crippen LogP contribution in [0.4, 0.5) is 5.69 Å². The number of nitrogens with zero attached hydrogens (tertiary/aromatic N) is 3. The maximum absolute atomic E-state index is 12.4. The monoisotopic (exact) mass is 457 g/mol. The number of pyridine rings is 1. The van der Waals surface area contributed by atoms with Gasteiger partial charge in [0.15, 0.2) is 5.65 Å². The Morgan fingerprint density at radius 1 is 1.35 bits per heavy atom. The standard InChI is InChI=1S/C21H20ClN5O3S/c1-23-13-7-10(3-4-11-5-6-14(22)31-11)26-19-15(13)25-9-27(19)16-12-8-21(12,20(30)24-2)18(29)17(16)28/h5-7,9,12,16-18,28-29H,8H2,1-2H3,(H,23,26)(H,24,30)/t12?,16-,17+,18+,21?/m1/s1. The van der Waals surface area contributed by atoms with Crippen LogP contribution in [0.1, 0.15) is 23.0 Å². The maximum atomic E-state index is 12.4. The van der Waals surface area contributed by atoms with Crippen molar-refractivity contribution in [3.63, 3.8) is 0 Å². The van der Waals surface area contributed by atoms with Gasteiger partial charge in [-0.1, -0.05) is 11.6 Å². The van der Waals surface area contributed by atoms with Gasteiger partial charge in [0.05, 0.1) is 38.8 Å². The molecule has 3 aromatic rings. The molecule has 10 heteroatoms. The number of hydrogen-bond donors (Lipinski definition) is 4. The number of carbonyl (C=O) groups is 1. The van der Waals surface area contributed by atoms with E-state index in [0.717, 1.165) is 10.6 Å². The van der Waals surface area contributed by atoms with Crippen LogP contribution in [0.5, 0.6) is 0 Å². The molecular weight excluding hydrogens is 438 g/mol. The molecule has 31 heavy (non-hydrogen) atoms. The Hall–Kier alpha value is -2.64. The number of aromatic nitrogens is 3. The fraction of sp³-hybridized carbons (Fsp3) is 0.381. The molecule has 0 saturated heterocycles. The van der Waals surface area contributed by atoms with E-state index in [0.29, 0.717) is 27.6 Å². The predicted octanol–water partition coefficient (Wildman–Crippen LogP) is 1.62. The molecule has 2 unspecified atom stereocenters. The molecule has 5 rings (SSSR count). The van der Waals surface area contributed by atoms with Gasteiger partial charge in [0.2, 0.25) is 5.91 Å². The van der Waals surface area contributed by atoms with Crippen molar-refractivity contribution < 1.29 is 15.0 Å². The highest BCUT2D eigenvalue weighted by molar-refractivity contribution is 7.16. The van der Waals surface area contributed by atoms with Crippen molar-refractivity contribution in [2.75, 3.05) is 19.4 Å². The molecule has 0 radical (unpaired) electrons. The molecule has 0 aromatic carbocycles. The Labute approximate surface area is 187 Å². The van der Waals surface area contributed by atoms with Gasteiger partial charge >= 0.3 is 0 Å². The van der Waals surface area contributed by atoms with Crippen molar-refractivity contribution in [2.45, 2.75) is 24.7 Å². The van der Waals surface area contributed by atoms with Crippen molar-refractivity contribution in [1.29, 1.82) is 0 Å². The molecule has 5 atom stereocenters. The first-order chi connectivity index (χ1) is 14.9. The summed E-state index contributed by atoms with van der Waals surface area (Å²) in [6, 6.07) is 4.95. The normalized spacial score (nSPS) is 28.7. The number of imidazole rings is 1. The number of hydrogen-bond acceptors (Lipinski definition) is 7. The lowest BCUT2D eigenvalue weighted by Crippen LogP contribution is -2.41. The van der Waals surface area contributed by atoms with Crippen molar-refractivity contribution in [3.8, 4) is 11.8 Å². The van der Waals surface area contributed by atoms with Crippen LogP contribution in [0.15, 0.2) is 24.5 Å². The predicted molar refractivity (Wildman–Crippen MR) is 118 cm³/mol. The van der Waals surface area contributed by atoms with Crippen LogP contribution >= 0.6 is 22.9 Å². The second-order valence-electron chi connectivity index (χ2n) is 7.84. The summed E-state index contributed by atoms with van der Waals surface area (Å²) in [5.74, 6) is 5.68. The van der Waals surface area contributed by atoms with Crippen LogP contribution < -0.4 is 10.6 Å². The molecule has 1 amide bonds. The van der Waals surface area contributed by atoms with Gasteiger partial charge < -0.3 is 25.4 Å². The van der Waals surface area contributed by atoms with E-state index in [1.54, 1.807) is 24.0 Å². The third-order valence-corrected chi connectivity index (χ3v) is 7.48. The highest BCUT2D eigenvalue weighted by Crippen LogP contribution is 2.67. The first-order valence-corrected chi connectivity index (χ1v) is 11.0. The molecule has 0 aliphatic heterocycles. The average Bonchev–Trinajstić information content (AvgIpc) is 3.02. The molecule has 0 bridgehead atoms. The number of amides is 1. The number of carbonyl (C=O) groups excluding carboxylic acids is 1. The van der Waals surface area contributed by atoms with Crippen LogP contribution in [0.2, 0.25) is 4.34 Å². The number of thiophene rings is 1. The second-order valence-corrected chi connectivity index (χ2v) is 9.55. The molecule has 160 valence electrons. The minimum atomic E-state index is -1.14. The van der Waals surface area contributed by atoms with Gasteiger partial charge in [-0.2, -0.15) is 0 Å². The van der Waals surface area contributed by atoms with Crippen LogP contribution in [0.25, 0.3) is 11.2 Å². The van der Waals surface area contributed by atoms with Gasteiger partial charge in [0, 0.05) is 20.0 Å². The smallest absolute Gasteiger partial charge is 0.229 e. The fourth-order valence-electron chi connectivity index (χ4n) is 4.77. The van der Waals surface area contributed by atoms with Crippen molar-refractivity contribution in [2.24, 2.45) is 11.3 Å². The lowest BCUT2D eigenvalue weighted by molar-refractivity contribution is -0.132. The number of halogens is 1. The average molecular weight is 458 g/mol. The van der Waals surface area contributed by atoms with Gasteiger partial charge in [0.25, 0.3) is 0 Å². The molecule has 2 aliphatic rings. The number of nitrogens with one attached hydrogen (secondary N) is 2. The zero-order chi connectivity index (χ0) is 21.9. The van der Waals surface area contributed by atoms with E-state index in [1.165, 1.54) is 18.4 Å². The van der Waals surface area contributed by atoms with Crippen LogP contribution in [-0.2, 0) is 4.79 Å². The summed E-state index contributed by atoms with van der Waals surface area (Å²) in [6.07, 6.45) is -0.132. The van der Waals surface area contributed by atoms with E-state index in [2.05, 4.69) is 32.4 Å². The topological polar surface area (TPSA) is 112 Å². The number of rotatable bonds is 3. The van der Waals surface area contributed by atoms with Crippen LogP contribution in [-0.4, -0.2) is 57.0 Å². The van der Waals surface area contributed by atoms with Crippen molar-refractivity contribution in [1.82, 2.24) is 19.9 Å². The zero-order valence-electron chi connectivity index (χ0n) is 16.8.